The van der Waals surface area contributed by atoms with Crippen LogP contribution in [0.1, 0.15) is 42.5 Å². The molecule has 0 aliphatic carbocycles. The van der Waals surface area contributed by atoms with Gasteiger partial charge in [0.2, 0.25) is 0 Å². The number of likely N-dealkylation sites (tertiary alicyclic amines) is 1. The van der Waals surface area contributed by atoms with Gasteiger partial charge in [-0.2, -0.15) is 0 Å². The van der Waals surface area contributed by atoms with E-state index in [9.17, 15) is 0 Å². The van der Waals surface area contributed by atoms with Gasteiger partial charge < -0.3 is 20.9 Å². The highest BCUT2D eigenvalue weighted by molar-refractivity contribution is 7.99. The van der Waals surface area contributed by atoms with Crippen LogP contribution in [-0.4, -0.2) is 53.2 Å². The van der Waals surface area contributed by atoms with E-state index >= 15 is 0 Å². The number of rotatable bonds is 10. The maximum atomic E-state index is 6.13. The van der Waals surface area contributed by atoms with E-state index in [2.05, 4.69) is 28.7 Å². The molecule has 4 rings (SSSR count). The normalized spacial score (nSPS) is 14.9. The minimum absolute atomic E-state index is 0.0515. The van der Waals surface area contributed by atoms with Crippen LogP contribution in [0.4, 0.5) is 11.6 Å². The van der Waals surface area contributed by atoms with Crippen molar-refractivity contribution in [1.82, 2.24) is 19.9 Å². The molecule has 2 aromatic heterocycles. The first-order valence-corrected chi connectivity index (χ1v) is 13.3. The van der Waals surface area contributed by atoms with E-state index in [1.54, 1.807) is 24.5 Å². The summed E-state index contributed by atoms with van der Waals surface area (Å²) in [6, 6.07) is 7.58. The third-order valence-corrected chi connectivity index (χ3v) is 7.97. The molecule has 0 amide bonds. The lowest BCUT2D eigenvalue weighted by Gasteiger charge is -2.16. The van der Waals surface area contributed by atoms with Gasteiger partial charge in [-0.15, -0.1) is 11.3 Å². The molecule has 3 heterocycles. The average Bonchev–Trinajstić information content (AvgIpc) is 3.48. The number of hydrogen-bond acceptors (Lipinski definition) is 10. The Bertz CT molecular complexity index is 1100. The smallest absolute Gasteiger partial charge is 0.192 e. The van der Waals surface area contributed by atoms with Crippen molar-refractivity contribution >= 4 is 34.7 Å². The van der Waals surface area contributed by atoms with Crippen LogP contribution in [0, 0.1) is 0 Å². The molecule has 1 aromatic carbocycles. The summed E-state index contributed by atoms with van der Waals surface area (Å²) >= 11 is 3.21. The molecule has 3 aromatic rings. The molecule has 0 radical (unpaired) electrons. The minimum Gasteiger partial charge on any atom is -0.493 e. The van der Waals surface area contributed by atoms with Crippen molar-refractivity contribution in [3.8, 4) is 22.1 Å². The van der Waals surface area contributed by atoms with Gasteiger partial charge >= 0.3 is 0 Å². The molecule has 182 valence electrons. The van der Waals surface area contributed by atoms with Gasteiger partial charge in [-0.3, -0.25) is 4.90 Å². The molecule has 0 unspecified atom stereocenters. The third kappa shape index (κ3) is 5.92. The predicted molar refractivity (Wildman–Crippen MR) is 140 cm³/mol. The SMILES string of the molecule is CCc1sc(-c2ccc(OC)c(OCCN3CCCC3)c2)nc1[C@H](C)Sc1nc(N)cc(N)n1. The van der Waals surface area contributed by atoms with Crippen LogP contribution >= 0.6 is 23.1 Å². The summed E-state index contributed by atoms with van der Waals surface area (Å²) < 4.78 is 11.7. The molecule has 10 heteroatoms. The molecule has 1 aliphatic heterocycles. The Balaban J connectivity index is 1.53. The number of thiazole rings is 1. The van der Waals surface area contributed by atoms with E-state index < -0.39 is 0 Å². The number of anilines is 2. The maximum absolute atomic E-state index is 6.13. The van der Waals surface area contributed by atoms with Crippen LogP contribution in [0.3, 0.4) is 0 Å². The first-order chi connectivity index (χ1) is 16.5. The van der Waals surface area contributed by atoms with Gasteiger partial charge in [0, 0.05) is 23.1 Å². The quantitative estimate of drug-likeness (QED) is 0.303. The standard InChI is InChI=1S/C24H32N6O2S2/c1-4-19-22(15(2)33-24-27-20(25)14-21(26)28-24)29-23(34-19)16-7-8-17(31-3)18(13-16)32-12-11-30-9-5-6-10-30/h7-8,13-15H,4-6,9-12H2,1-3H3,(H4,25,26,27,28)/t15-/m0/s1. The lowest BCUT2D eigenvalue weighted by Crippen LogP contribution is -2.25. The Hall–Kier alpha value is -2.56. The van der Waals surface area contributed by atoms with E-state index in [4.69, 9.17) is 25.9 Å². The number of nitrogens with zero attached hydrogens (tertiary/aromatic N) is 4. The highest BCUT2D eigenvalue weighted by atomic mass is 32.2. The van der Waals surface area contributed by atoms with E-state index in [0.29, 0.717) is 23.4 Å². The number of ether oxygens (including phenoxy) is 2. The Morgan fingerprint density at radius 1 is 1.09 bits per heavy atom. The van der Waals surface area contributed by atoms with E-state index in [-0.39, 0.29) is 5.25 Å². The zero-order chi connectivity index (χ0) is 24.1. The fraction of sp³-hybridized carbons (Fsp3) is 0.458. The van der Waals surface area contributed by atoms with Crippen LogP contribution in [0.5, 0.6) is 11.5 Å². The molecule has 1 fully saturated rings. The minimum atomic E-state index is 0.0515. The summed E-state index contributed by atoms with van der Waals surface area (Å²) in [5.74, 6) is 2.22. The molecule has 1 saturated heterocycles. The summed E-state index contributed by atoms with van der Waals surface area (Å²) in [6.07, 6.45) is 3.45. The van der Waals surface area contributed by atoms with Crippen molar-refractivity contribution in [1.29, 1.82) is 0 Å². The first-order valence-electron chi connectivity index (χ1n) is 11.6. The molecular weight excluding hydrogens is 468 g/mol. The van der Waals surface area contributed by atoms with Gasteiger partial charge in [-0.1, -0.05) is 18.7 Å². The topological polar surface area (TPSA) is 112 Å². The Labute approximate surface area is 209 Å². The predicted octanol–water partition coefficient (Wildman–Crippen LogP) is 4.66. The van der Waals surface area contributed by atoms with Crippen LogP contribution in [0.15, 0.2) is 29.4 Å². The molecular formula is C24H32N6O2S2. The van der Waals surface area contributed by atoms with Crippen LogP contribution in [0.25, 0.3) is 10.6 Å². The second kappa shape index (κ2) is 11.2. The summed E-state index contributed by atoms with van der Waals surface area (Å²) in [5.41, 5.74) is 13.7. The second-order valence-corrected chi connectivity index (χ2v) is 10.6. The van der Waals surface area contributed by atoms with Crippen molar-refractivity contribution in [3.63, 3.8) is 0 Å². The van der Waals surface area contributed by atoms with Crippen molar-refractivity contribution < 1.29 is 9.47 Å². The number of hydrogen-bond donors (Lipinski definition) is 2. The average molecular weight is 501 g/mol. The first kappa shape index (κ1) is 24.6. The Morgan fingerprint density at radius 3 is 2.50 bits per heavy atom. The Morgan fingerprint density at radius 2 is 1.82 bits per heavy atom. The van der Waals surface area contributed by atoms with Crippen LogP contribution < -0.4 is 20.9 Å². The molecule has 0 bridgehead atoms. The van der Waals surface area contributed by atoms with Crippen molar-refractivity contribution in [2.75, 3.05) is 44.8 Å². The van der Waals surface area contributed by atoms with Gasteiger partial charge in [0.05, 0.1) is 18.1 Å². The number of thioether (sulfide) groups is 1. The van der Waals surface area contributed by atoms with Gasteiger partial charge in [0.1, 0.15) is 23.3 Å². The molecule has 8 nitrogen and oxygen atoms in total. The molecule has 34 heavy (non-hydrogen) atoms. The van der Waals surface area contributed by atoms with Crippen LogP contribution in [0.2, 0.25) is 0 Å². The van der Waals surface area contributed by atoms with Crippen molar-refractivity contribution in [2.24, 2.45) is 0 Å². The maximum Gasteiger partial charge on any atom is 0.192 e. The fourth-order valence-corrected chi connectivity index (χ4v) is 6.11. The van der Waals surface area contributed by atoms with Crippen molar-refractivity contribution in [2.45, 2.75) is 43.5 Å². The number of nitrogen functional groups attached to an aromatic ring is 2. The Kier molecular flexibility index (Phi) is 8.12. The zero-order valence-corrected chi connectivity index (χ0v) is 21.5. The van der Waals surface area contributed by atoms with E-state index in [1.807, 2.05) is 18.2 Å². The summed E-state index contributed by atoms with van der Waals surface area (Å²) in [4.78, 5) is 17.3. The summed E-state index contributed by atoms with van der Waals surface area (Å²) in [5, 5.41) is 1.56. The van der Waals surface area contributed by atoms with E-state index in [1.165, 1.54) is 29.5 Å². The van der Waals surface area contributed by atoms with Gasteiger partial charge in [0.15, 0.2) is 16.7 Å². The molecule has 0 saturated carbocycles. The highest BCUT2D eigenvalue weighted by Crippen LogP contribution is 2.41. The number of nitrogens with two attached hydrogens (primary N) is 2. The van der Waals surface area contributed by atoms with E-state index in [0.717, 1.165) is 53.8 Å². The lowest BCUT2D eigenvalue weighted by atomic mass is 10.2. The van der Waals surface area contributed by atoms with Gasteiger partial charge in [-0.25, -0.2) is 15.0 Å². The largest absolute Gasteiger partial charge is 0.493 e. The number of methoxy groups -OCH3 is 1. The fourth-order valence-electron chi connectivity index (χ4n) is 4.00. The van der Waals surface area contributed by atoms with Gasteiger partial charge in [-0.05, 0) is 57.5 Å². The number of aryl methyl sites for hydroxylation is 1. The third-order valence-electron chi connectivity index (χ3n) is 5.74. The lowest BCUT2D eigenvalue weighted by molar-refractivity contribution is 0.230. The molecule has 0 spiro atoms. The molecule has 4 N–H and O–H groups in total. The molecule has 1 aliphatic rings. The molecule has 1 atom stereocenters. The summed E-state index contributed by atoms with van der Waals surface area (Å²) in [7, 11) is 1.67. The van der Waals surface area contributed by atoms with Gasteiger partial charge in [0.25, 0.3) is 0 Å². The van der Waals surface area contributed by atoms with Crippen LogP contribution in [-0.2, 0) is 6.42 Å². The number of benzene rings is 1. The highest BCUT2D eigenvalue weighted by Gasteiger charge is 2.20. The van der Waals surface area contributed by atoms with Crippen molar-refractivity contribution in [3.05, 3.63) is 34.8 Å². The zero-order valence-electron chi connectivity index (χ0n) is 19.9. The summed E-state index contributed by atoms with van der Waals surface area (Å²) in [6.45, 7) is 8.14. The number of aromatic nitrogens is 3. The second-order valence-electron chi connectivity index (χ2n) is 8.20. The monoisotopic (exact) mass is 500 g/mol.